The molecule has 0 aromatic heterocycles. The summed E-state index contributed by atoms with van der Waals surface area (Å²) in [5.74, 6) is 0.00530. The van der Waals surface area contributed by atoms with E-state index in [0.29, 0.717) is 6.61 Å². The number of hydrazone groups is 1. The number of nitrogens with one attached hydrogen (secondary N) is 1. The minimum atomic E-state index is -0.231. The molecule has 0 atom stereocenters. The first kappa shape index (κ1) is 14.4. The van der Waals surface area contributed by atoms with Crippen molar-refractivity contribution in [2.75, 3.05) is 13.2 Å². The standard InChI is InChI=1S/C14H20N2O2/c1-4-18-10-13(17)15-16-14(11(2)3)12-8-6-5-7-9-12/h5-9,11H,4,10H2,1-3H3,(H,15,17)/b16-14+. The molecule has 0 spiro atoms. The Morgan fingerprint density at radius 2 is 2.00 bits per heavy atom. The van der Waals surface area contributed by atoms with Crippen LogP contribution in [0, 0.1) is 5.92 Å². The van der Waals surface area contributed by atoms with Gasteiger partial charge < -0.3 is 4.74 Å². The lowest BCUT2D eigenvalue weighted by Crippen LogP contribution is -2.25. The Kier molecular flexibility index (Phi) is 6.08. The van der Waals surface area contributed by atoms with E-state index in [1.165, 1.54) is 0 Å². The summed E-state index contributed by atoms with van der Waals surface area (Å²) in [6.45, 7) is 6.49. The quantitative estimate of drug-likeness (QED) is 0.620. The van der Waals surface area contributed by atoms with E-state index in [9.17, 15) is 4.79 Å². The lowest BCUT2D eigenvalue weighted by molar-refractivity contribution is -0.125. The van der Waals surface area contributed by atoms with Crippen LogP contribution in [0.15, 0.2) is 35.4 Å². The van der Waals surface area contributed by atoms with Crippen LogP contribution in [0.25, 0.3) is 0 Å². The summed E-state index contributed by atoms with van der Waals surface area (Å²) in [6, 6.07) is 9.82. The molecule has 0 saturated carbocycles. The number of amides is 1. The van der Waals surface area contributed by atoms with Crippen molar-refractivity contribution in [3.8, 4) is 0 Å². The zero-order valence-electron chi connectivity index (χ0n) is 11.1. The van der Waals surface area contributed by atoms with E-state index in [0.717, 1.165) is 11.3 Å². The maximum atomic E-state index is 11.4. The van der Waals surface area contributed by atoms with Gasteiger partial charge in [0.25, 0.3) is 5.91 Å². The average Bonchev–Trinajstić information content (AvgIpc) is 2.37. The number of hydrogen-bond donors (Lipinski definition) is 1. The van der Waals surface area contributed by atoms with Gasteiger partial charge in [-0.1, -0.05) is 44.2 Å². The van der Waals surface area contributed by atoms with Crippen molar-refractivity contribution in [3.05, 3.63) is 35.9 Å². The highest BCUT2D eigenvalue weighted by Gasteiger charge is 2.09. The first-order valence-corrected chi connectivity index (χ1v) is 6.14. The Hall–Kier alpha value is -1.68. The van der Waals surface area contributed by atoms with Crippen LogP contribution >= 0.6 is 0 Å². The molecule has 4 heteroatoms. The zero-order valence-corrected chi connectivity index (χ0v) is 11.1. The van der Waals surface area contributed by atoms with E-state index >= 15 is 0 Å². The molecular weight excluding hydrogens is 228 g/mol. The molecule has 0 heterocycles. The fraction of sp³-hybridized carbons (Fsp3) is 0.429. The Morgan fingerprint density at radius 1 is 1.33 bits per heavy atom. The molecule has 0 saturated heterocycles. The van der Waals surface area contributed by atoms with Gasteiger partial charge in [0.15, 0.2) is 0 Å². The van der Waals surface area contributed by atoms with Crippen molar-refractivity contribution in [1.82, 2.24) is 5.43 Å². The fourth-order valence-corrected chi connectivity index (χ4v) is 1.49. The first-order chi connectivity index (χ1) is 8.65. The SMILES string of the molecule is CCOCC(=O)N/N=C(/c1ccccc1)C(C)C. The van der Waals surface area contributed by atoms with Crippen LogP contribution in [0.3, 0.4) is 0 Å². The first-order valence-electron chi connectivity index (χ1n) is 6.14. The maximum Gasteiger partial charge on any atom is 0.266 e. The molecule has 18 heavy (non-hydrogen) atoms. The van der Waals surface area contributed by atoms with Crippen molar-refractivity contribution in [2.45, 2.75) is 20.8 Å². The molecule has 0 aliphatic rings. The minimum absolute atomic E-state index is 0.0418. The van der Waals surface area contributed by atoms with Crippen LogP contribution in [0.4, 0.5) is 0 Å². The van der Waals surface area contributed by atoms with Crippen LogP contribution in [0.5, 0.6) is 0 Å². The predicted octanol–water partition coefficient (Wildman–Crippen LogP) is 2.20. The summed E-state index contributed by atoms with van der Waals surface area (Å²) in [6.07, 6.45) is 0. The number of ether oxygens (including phenoxy) is 1. The van der Waals surface area contributed by atoms with Crippen molar-refractivity contribution in [3.63, 3.8) is 0 Å². The van der Waals surface area contributed by atoms with Crippen molar-refractivity contribution < 1.29 is 9.53 Å². The number of carbonyl (C=O) groups is 1. The highest BCUT2D eigenvalue weighted by molar-refractivity contribution is 6.02. The van der Waals surface area contributed by atoms with Gasteiger partial charge >= 0.3 is 0 Å². The molecule has 1 aromatic carbocycles. The summed E-state index contributed by atoms with van der Waals surface area (Å²) in [5.41, 5.74) is 4.40. The Bertz CT molecular complexity index is 400. The minimum Gasteiger partial charge on any atom is -0.372 e. The third-order valence-electron chi connectivity index (χ3n) is 2.35. The van der Waals surface area contributed by atoms with E-state index in [1.54, 1.807) is 0 Å². The summed E-state index contributed by atoms with van der Waals surface area (Å²) >= 11 is 0. The summed E-state index contributed by atoms with van der Waals surface area (Å²) in [7, 11) is 0. The van der Waals surface area contributed by atoms with Gasteiger partial charge in [-0.2, -0.15) is 5.10 Å². The normalized spacial score (nSPS) is 11.7. The number of hydrogen-bond acceptors (Lipinski definition) is 3. The van der Waals surface area contributed by atoms with Crippen molar-refractivity contribution in [2.24, 2.45) is 11.0 Å². The fourth-order valence-electron chi connectivity index (χ4n) is 1.49. The number of carbonyl (C=O) groups excluding carboxylic acids is 1. The topological polar surface area (TPSA) is 50.7 Å². The maximum absolute atomic E-state index is 11.4. The molecule has 0 unspecified atom stereocenters. The number of nitrogens with zero attached hydrogens (tertiary/aromatic N) is 1. The van der Waals surface area contributed by atoms with Crippen LogP contribution in [-0.2, 0) is 9.53 Å². The van der Waals surface area contributed by atoms with Gasteiger partial charge in [-0.05, 0) is 18.4 Å². The molecule has 0 aliphatic carbocycles. The lowest BCUT2D eigenvalue weighted by atomic mass is 10.0. The molecule has 0 radical (unpaired) electrons. The summed E-state index contributed by atoms with van der Waals surface area (Å²) in [4.78, 5) is 11.4. The Balaban J connectivity index is 2.71. The van der Waals surface area contributed by atoms with Gasteiger partial charge in [-0.15, -0.1) is 0 Å². The van der Waals surface area contributed by atoms with Gasteiger partial charge in [-0.25, -0.2) is 5.43 Å². The Labute approximate surface area is 108 Å². The molecule has 0 bridgehead atoms. The predicted molar refractivity (Wildman–Crippen MR) is 72.5 cm³/mol. The van der Waals surface area contributed by atoms with Gasteiger partial charge in [-0.3, -0.25) is 4.79 Å². The second-order valence-corrected chi connectivity index (χ2v) is 4.19. The molecule has 1 N–H and O–H groups in total. The van der Waals surface area contributed by atoms with E-state index in [4.69, 9.17) is 4.74 Å². The molecule has 0 aliphatic heterocycles. The van der Waals surface area contributed by atoms with E-state index < -0.39 is 0 Å². The lowest BCUT2D eigenvalue weighted by Gasteiger charge is -2.10. The summed E-state index contributed by atoms with van der Waals surface area (Å²) < 4.78 is 5.01. The van der Waals surface area contributed by atoms with E-state index in [1.807, 2.05) is 51.1 Å². The largest absolute Gasteiger partial charge is 0.372 e. The van der Waals surface area contributed by atoms with Gasteiger partial charge in [0, 0.05) is 6.61 Å². The van der Waals surface area contributed by atoms with Crippen LogP contribution in [-0.4, -0.2) is 24.8 Å². The zero-order chi connectivity index (χ0) is 13.4. The molecule has 4 nitrogen and oxygen atoms in total. The second-order valence-electron chi connectivity index (χ2n) is 4.19. The smallest absolute Gasteiger partial charge is 0.266 e. The molecular formula is C14H20N2O2. The summed E-state index contributed by atoms with van der Waals surface area (Å²) in [5, 5.41) is 4.18. The average molecular weight is 248 g/mol. The highest BCUT2D eigenvalue weighted by Crippen LogP contribution is 2.08. The van der Waals surface area contributed by atoms with E-state index in [-0.39, 0.29) is 18.4 Å². The van der Waals surface area contributed by atoms with Crippen molar-refractivity contribution >= 4 is 11.6 Å². The van der Waals surface area contributed by atoms with Crippen LogP contribution in [0.1, 0.15) is 26.3 Å². The third kappa shape index (κ3) is 4.67. The van der Waals surface area contributed by atoms with Crippen LogP contribution < -0.4 is 5.43 Å². The highest BCUT2D eigenvalue weighted by atomic mass is 16.5. The molecule has 1 rings (SSSR count). The molecule has 98 valence electrons. The third-order valence-corrected chi connectivity index (χ3v) is 2.35. The van der Waals surface area contributed by atoms with Gasteiger partial charge in [0.1, 0.15) is 6.61 Å². The number of rotatable bonds is 6. The van der Waals surface area contributed by atoms with Crippen molar-refractivity contribution in [1.29, 1.82) is 0 Å². The van der Waals surface area contributed by atoms with E-state index in [2.05, 4.69) is 10.5 Å². The second kappa shape index (κ2) is 7.61. The monoisotopic (exact) mass is 248 g/mol. The Morgan fingerprint density at radius 3 is 2.56 bits per heavy atom. The number of benzene rings is 1. The van der Waals surface area contributed by atoms with Crippen LogP contribution in [0.2, 0.25) is 0 Å². The van der Waals surface area contributed by atoms with Gasteiger partial charge in [0.2, 0.25) is 0 Å². The molecule has 1 aromatic rings. The van der Waals surface area contributed by atoms with Gasteiger partial charge in [0.05, 0.1) is 5.71 Å². The molecule has 0 fully saturated rings. The molecule has 1 amide bonds.